The summed E-state index contributed by atoms with van der Waals surface area (Å²) in [6, 6.07) is 13.3. The quantitative estimate of drug-likeness (QED) is 0.813. The molecule has 0 spiro atoms. The first-order valence-corrected chi connectivity index (χ1v) is 7.41. The van der Waals surface area contributed by atoms with Crippen LogP contribution in [-0.2, 0) is 5.41 Å². The van der Waals surface area contributed by atoms with Gasteiger partial charge in [-0.05, 0) is 36.1 Å². The summed E-state index contributed by atoms with van der Waals surface area (Å²) in [6.07, 6.45) is -0.543. The lowest BCUT2D eigenvalue weighted by atomic mass is 9.86. The van der Waals surface area contributed by atoms with Crippen molar-refractivity contribution in [3.8, 4) is 11.5 Å². The highest BCUT2D eigenvalue weighted by atomic mass is 35.5. The summed E-state index contributed by atoms with van der Waals surface area (Å²) in [6.45, 7) is 8.15. The molecule has 1 N–H and O–H groups in total. The number of benzene rings is 2. The lowest BCUT2D eigenvalue weighted by Gasteiger charge is -2.23. The standard InChI is InChI=1S/C18H21ClO2/c1-12(20)13-9-10-17(15(19)11-13)21-16-8-6-5-7-14(16)18(2,3)4/h5-12,20H,1-4H3/t12-/m0/s1. The minimum atomic E-state index is -0.543. The zero-order valence-corrected chi connectivity index (χ0v) is 13.6. The molecule has 2 aromatic carbocycles. The number of rotatable bonds is 3. The molecule has 112 valence electrons. The first-order valence-electron chi connectivity index (χ1n) is 7.04. The Balaban J connectivity index is 2.35. The third-order valence-corrected chi connectivity index (χ3v) is 3.65. The molecule has 0 aliphatic carbocycles. The second-order valence-corrected chi connectivity index (χ2v) is 6.62. The maximum atomic E-state index is 9.58. The summed E-state index contributed by atoms with van der Waals surface area (Å²) in [4.78, 5) is 0. The Morgan fingerprint density at radius 1 is 1.05 bits per heavy atom. The number of aliphatic hydroxyl groups is 1. The van der Waals surface area contributed by atoms with Crippen LogP contribution in [0.1, 0.15) is 44.9 Å². The second-order valence-electron chi connectivity index (χ2n) is 6.21. The topological polar surface area (TPSA) is 29.5 Å². The molecule has 0 saturated heterocycles. The van der Waals surface area contributed by atoms with Crippen molar-refractivity contribution in [3.63, 3.8) is 0 Å². The van der Waals surface area contributed by atoms with Crippen LogP contribution in [-0.4, -0.2) is 5.11 Å². The van der Waals surface area contributed by atoms with E-state index in [0.717, 1.165) is 16.9 Å². The minimum Gasteiger partial charge on any atom is -0.455 e. The molecule has 21 heavy (non-hydrogen) atoms. The van der Waals surface area contributed by atoms with E-state index in [2.05, 4.69) is 26.8 Å². The van der Waals surface area contributed by atoms with Crippen LogP contribution in [0.15, 0.2) is 42.5 Å². The van der Waals surface area contributed by atoms with Crippen LogP contribution in [0.4, 0.5) is 0 Å². The van der Waals surface area contributed by atoms with Crippen molar-refractivity contribution < 1.29 is 9.84 Å². The highest BCUT2D eigenvalue weighted by Gasteiger charge is 2.19. The van der Waals surface area contributed by atoms with Crippen LogP contribution in [0.5, 0.6) is 11.5 Å². The molecular formula is C18H21ClO2. The normalized spacial score (nSPS) is 13.0. The van der Waals surface area contributed by atoms with Gasteiger partial charge in [-0.1, -0.05) is 56.6 Å². The van der Waals surface area contributed by atoms with Crippen molar-refractivity contribution >= 4 is 11.6 Å². The van der Waals surface area contributed by atoms with Gasteiger partial charge in [0, 0.05) is 5.56 Å². The summed E-state index contributed by atoms with van der Waals surface area (Å²) < 4.78 is 5.99. The Hall–Kier alpha value is -1.51. The Morgan fingerprint density at radius 3 is 2.29 bits per heavy atom. The molecule has 2 aromatic rings. The van der Waals surface area contributed by atoms with Crippen LogP contribution in [0.2, 0.25) is 5.02 Å². The summed E-state index contributed by atoms with van der Waals surface area (Å²) in [5, 5.41) is 10.1. The molecule has 0 saturated carbocycles. The minimum absolute atomic E-state index is 0.0113. The van der Waals surface area contributed by atoms with Gasteiger partial charge in [0.2, 0.25) is 0 Å². The first-order chi connectivity index (χ1) is 9.79. The highest BCUT2D eigenvalue weighted by Crippen LogP contribution is 2.37. The smallest absolute Gasteiger partial charge is 0.146 e. The van der Waals surface area contributed by atoms with E-state index < -0.39 is 6.10 Å². The Labute approximate surface area is 131 Å². The van der Waals surface area contributed by atoms with Gasteiger partial charge in [-0.25, -0.2) is 0 Å². The fourth-order valence-corrected chi connectivity index (χ4v) is 2.38. The predicted molar refractivity (Wildman–Crippen MR) is 87.3 cm³/mol. The number of ether oxygens (including phenoxy) is 1. The average Bonchev–Trinajstić information content (AvgIpc) is 2.40. The number of para-hydroxylation sites is 1. The van der Waals surface area contributed by atoms with E-state index in [1.165, 1.54) is 0 Å². The summed E-state index contributed by atoms with van der Waals surface area (Å²) in [7, 11) is 0. The van der Waals surface area contributed by atoms with E-state index in [-0.39, 0.29) is 5.41 Å². The molecule has 0 fully saturated rings. The molecule has 2 nitrogen and oxygen atoms in total. The van der Waals surface area contributed by atoms with Crippen LogP contribution in [0.25, 0.3) is 0 Å². The second kappa shape index (κ2) is 6.08. The van der Waals surface area contributed by atoms with Crippen LogP contribution < -0.4 is 4.74 Å². The Kier molecular flexibility index (Phi) is 4.60. The van der Waals surface area contributed by atoms with Crippen molar-refractivity contribution in [3.05, 3.63) is 58.6 Å². The maximum Gasteiger partial charge on any atom is 0.146 e. The van der Waals surface area contributed by atoms with Crippen molar-refractivity contribution in [2.45, 2.75) is 39.2 Å². The van der Waals surface area contributed by atoms with E-state index in [9.17, 15) is 5.11 Å². The van der Waals surface area contributed by atoms with Crippen LogP contribution in [0.3, 0.4) is 0 Å². The summed E-state index contributed by atoms with van der Waals surface area (Å²) >= 11 is 6.25. The molecular weight excluding hydrogens is 284 g/mol. The predicted octanol–water partition coefficient (Wildman–Crippen LogP) is 5.48. The zero-order valence-electron chi connectivity index (χ0n) is 12.9. The van der Waals surface area contributed by atoms with Gasteiger partial charge in [0.15, 0.2) is 0 Å². The molecule has 0 aliphatic heterocycles. The van der Waals surface area contributed by atoms with E-state index >= 15 is 0 Å². The molecule has 0 aromatic heterocycles. The van der Waals surface area contributed by atoms with Crippen molar-refractivity contribution in [2.24, 2.45) is 0 Å². The van der Waals surface area contributed by atoms with E-state index in [1.54, 1.807) is 19.1 Å². The zero-order chi connectivity index (χ0) is 15.6. The maximum absolute atomic E-state index is 9.58. The molecule has 0 radical (unpaired) electrons. The van der Waals surface area contributed by atoms with Crippen LogP contribution in [0, 0.1) is 0 Å². The fourth-order valence-electron chi connectivity index (χ4n) is 2.15. The number of halogens is 1. The van der Waals surface area contributed by atoms with Gasteiger partial charge in [0.25, 0.3) is 0 Å². The Morgan fingerprint density at radius 2 is 1.71 bits per heavy atom. The van der Waals surface area contributed by atoms with Gasteiger partial charge in [-0.2, -0.15) is 0 Å². The van der Waals surface area contributed by atoms with Gasteiger partial charge < -0.3 is 9.84 Å². The third kappa shape index (κ3) is 3.78. The number of hydrogen-bond acceptors (Lipinski definition) is 2. The molecule has 1 atom stereocenters. The van der Waals surface area contributed by atoms with Gasteiger partial charge in [0.1, 0.15) is 11.5 Å². The van der Waals surface area contributed by atoms with Gasteiger partial charge in [-0.15, -0.1) is 0 Å². The molecule has 0 amide bonds. The summed E-state index contributed by atoms with van der Waals surface area (Å²) in [5.41, 5.74) is 1.89. The van der Waals surface area contributed by atoms with Gasteiger partial charge in [0.05, 0.1) is 11.1 Å². The molecule has 2 rings (SSSR count). The van der Waals surface area contributed by atoms with Crippen molar-refractivity contribution in [1.29, 1.82) is 0 Å². The largest absolute Gasteiger partial charge is 0.455 e. The van der Waals surface area contributed by atoms with Crippen LogP contribution >= 0.6 is 11.6 Å². The lowest BCUT2D eigenvalue weighted by Crippen LogP contribution is -2.12. The van der Waals surface area contributed by atoms with Gasteiger partial charge >= 0.3 is 0 Å². The average molecular weight is 305 g/mol. The van der Waals surface area contributed by atoms with E-state index in [0.29, 0.717) is 10.8 Å². The van der Waals surface area contributed by atoms with Gasteiger partial charge in [-0.3, -0.25) is 0 Å². The SMILES string of the molecule is C[C@H](O)c1ccc(Oc2ccccc2C(C)(C)C)c(Cl)c1. The number of hydrogen-bond donors (Lipinski definition) is 1. The first kappa shape index (κ1) is 15.9. The molecule has 0 aliphatic rings. The fraction of sp³-hybridized carbons (Fsp3) is 0.333. The molecule has 0 bridgehead atoms. The number of aliphatic hydroxyl groups excluding tert-OH is 1. The lowest BCUT2D eigenvalue weighted by molar-refractivity contribution is 0.199. The van der Waals surface area contributed by atoms with Crippen molar-refractivity contribution in [2.75, 3.05) is 0 Å². The summed E-state index contributed by atoms with van der Waals surface area (Å²) in [5.74, 6) is 1.40. The third-order valence-electron chi connectivity index (χ3n) is 3.35. The van der Waals surface area contributed by atoms with Crippen molar-refractivity contribution in [1.82, 2.24) is 0 Å². The molecule has 3 heteroatoms. The Bertz CT molecular complexity index is 627. The van der Waals surface area contributed by atoms with E-state index in [4.69, 9.17) is 16.3 Å². The highest BCUT2D eigenvalue weighted by molar-refractivity contribution is 6.32. The monoisotopic (exact) mass is 304 g/mol. The molecule has 0 heterocycles. The van der Waals surface area contributed by atoms with E-state index in [1.807, 2.05) is 24.3 Å². The molecule has 0 unspecified atom stereocenters.